The highest BCUT2D eigenvalue weighted by molar-refractivity contribution is 6.32. The molecule has 3 rings (SSSR count). The van der Waals surface area contributed by atoms with Gasteiger partial charge in [0.05, 0.1) is 30.1 Å². The van der Waals surface area contributed by atoms with Crippen LogP contribution in [0.2, 0.25) is 5.02 Å². The van der Waals surface area contributed by atoms with Gasteiger partial charge < -0.3 is 14.9 Å². The maximum atomic E-state index is 12.5. The molecule has 2 aromatic carbocycles. The summed E-state index contributed by atoms with van der Waals surface area (Å²) in [7, 11) is 1.52. The van der Waals surface area contributed by atoms with Crippen molar-refractivity contribution in [1.82, 2.24) is 9.78 Å². The van der Waals surface area contributed by atoms with Gasteiger partial charge in [-0.1, -0.05) is 11.6 Å². The van der Waals surface area contributed by atoms with Gasteiger partial charge in [0.1, 0.15) is 22.2 Å². The van der Waals surface area contributed by atoms with Crippen LogP contribution in [0.5, 0.6) is 17.2 Å². The monoisotopic (exact) mass is 431 g/mol. The molecule has 0 fully saturated rings. The first-order valence-electron chi connectivity index (χ1n) is 8.23. The lowest BCUT2D eigenvalue weighted by Gasteiger charge is -2.08. The first-order valence-corrected chi connectivity index (χ1v) is 8.61. The van der Waals surface area contributed by atoms with Crippen molar-refractivity contribution in [1.29, 1.82) is 0 Å². The highest BCUT2D eigenvalue weighted by atomic mass is 35.5. The molecular formula is C18H14ClN5O6. The number of aromatic hydroxyl groups is 2. The van der Waals surface area contributed by atoms with E-state index in [4.69, 9.17) is 16.3 Å². The van der Waals surface area contributed by atoms with Crippen molar-refractivity contribution >= 4 is 29.2 Å². The lowest BCUT2D eigenvalue weighted by molar-refractivity contribution is -0.385. The van der Waals surface area contributed by atoms with Gasteiger partial charge in [0.25, 0.3) is 5.56 Å². The number of methoxy groups -OCH3 is 1. The van der Waals surface area contributed by atoms with Gasteiger partial charge in [-0.15, -0.1) is 0 Å². The molecule has 0 radical (unpaired) electrons. The van der Waals surface area contributed by atoms with Crippen LogP contribution in [-0.4, -0.2) is 38.2 Å². The minimum atomic E-state index is -0.806. The Hall–Kier alpha value is -4.12. The molecule has 30 heavy (non-hydrogen) atoms. The van der Waals surface area contributed by atoms with E-state index in [2.05, 4.69) is 15.6 Å². The number of nitro groups is 1. The number of nitro benzene ring substituents is 1. The van der Waals surface area contributed by atoms with E-state index in [1.807, 2.05) is 0 Å². The van der Waals surface area contributed by atoms with Crippen molar-refractivity contribution in [2.24, 2.45) is 5.10 Å². The fourth-order valence-electron chi connectivity index (χ4n) is 2.42. The summed E-state index contributed by atoms with van der Waals surface area (Å²) in [5.74, 6) is -0.497. The Kier molecular flexibility index (Phi) is 5.83. The smallest absolute Gasteiger partial charge is 0.311 e. The summed E-state index contributed by atoms with van der Waals surface area (Å²) in [6.07, 6.45) is 2.33. The molecule has 0 unspecified atom stereocenters. The maximum Gasteiger partial charge on any atom is 0.311 e. The Morgan fingerprint density at radius 3 is 2.60 bits per heavy atom. The van der Waals surface area contributed by atoms with Crippen molar-refractivity contribution in [2.45, 2.75) is 0 Å². The lowest BCUT2D eigenvalue weighted by Crippen LogP contribution is -2.22. The molecule has 0 saturated heterocycles. The molecule has 3 N–H and O–H groups in total. The van der Waals surface area contributed by atoms with Gasteiger partial charge in [-0.25, -0.2) is 0 Å². The topological polar surface area (TPSA) is 152 Å². The van der Waals surface area contributed by atoms with Crippen LogP contribution in [0.4, 0.5) is 11.4 Å². The minimum Gasteiger partial charge on any atom is -0.507 e. The number of aromatic nitrogens is 2. The summed E-state index contributed by atoms with van der Waals surface area (Å²) in [5, 5.41) is 37.8. The van der Waals surface area contributed by atoms with Crippen molar-refractivity contribution in [2.75, 3.05) is 12.5 Å². The molecule has 12 heteroatoms. The Labute approximate surface area is 173 Å². The Morgan fingerprint density at radius 1 is 1.27 bits per heavy atom. The molecule has 0 amide bonds. The average molecular weight is 432 g/mol. The number of hydrogen-bond acceptors (Lipinski definition) is 9. The van der Waals surface area contributed by atoms with E-state index >= 15 is 0 Å². The van der Waals surface area contributed by atoms with Crippen LogP contribution >= 0.6 is 11.6 Å². The molecule has 0 bridgehead atoms. The van der Waals surface area contributed by atoms with E-state index in [1.54, 1.807) is 24.3 Å². The van der Waals surface area contributed by atoms with Gasteiger partial charge in [-0.3, -0.25) is 20.3 Å². The van der Waals surface area contributed by atoms with Crippen LogP contribution in [0, 0.1) is 10.1 Å². The minimum absolute atomic E-state index is 0.0392. The molecule has 0 aliphatic rings. The first-order chi connectivity index (χ1) is 14.3. The third-order valence-corrected chi connectivity index (χ3v) is 4.31. The Balaban J connectivity index is 1.84. The van der Waals surface area contributed by atoms with Crippen molar-refractivity contribution < 1.29 is 19.9 Å². The molecule has 0 aliphatic carbocycles. The van der Waals surface area contributed by atoms with E-state index in [1.165, 1.54) is 13.3 Å². The second-order valence-electron chi connectivity index (χ2n) is 5.81. The molecule has 11 nitrogen and oxygen atoms in total. The molecule has 3 aromatic rings. The van der Waals surface area contributed by atoms with E-state index in [-0.39, 0.29) is 16.3 Å². The number of rotatable bonds is 6. The molecule has 1 aromatic heterocycles. The summed E-state index contributed by atoms with van der Waals surface area (Å²) in [5.41, 5.74) is 1.79. The van der Waals surface area contributed by atoms with Gasteiger partial charge in [0.2, 0.25) is 0 Å². The fourth-order valence-corrected chi connectivity index (χ4v) is 2.59. The third-order valence-electron chi connectivity index (χ3n) is 3.95. The number of halogens is 1. The van der Waals surface area contributed by atoms with E-state index < -0.39 is 27.7 Å². The molecule has 0 saturated carbocycles. The molecule has 0 aliphatic heterocycles. The van der Waals surface area contributed by atoms with Gasteiger partial charge >= 0.3 is 5.69 Å². The van der Waals surface area contributed by atoms with Crippen molar-refractivity contribution in [3.63, 3.8) is 0 Å². The first kappa shape index (κ1) is 20.6. The van der Waals surface area contributed by atoms with Gasteiger partial charge in [0, 0.05) is 17.7 Å². The number of anilines is 1. The largest absolute Gasteiger partial charge is 0.507 e. The molecular weight excluding hydrogens is 418 g/mol. The molecule has 0 spiro atoms. The SMILES string of the molecule is COc1ccc(-n2ncc(N/N=C\c3cc([N+](=O)[O-])c(O)cc3O)c(Cl)c2=O)cc1. The van der Waals surface area contributed by atoms with Crippen LogP contribution in [0.3, 0.4) is 0 Å². The average Bonchev–Trinajstić information content (AvgIpc) is 2.72. The summed E-state index contributed by atoms with van der Waals surface area (Å²) < 4.78 is 6.15. The summed E-state index contributed by atoms with van der Waals surface area (Å²) in [6.45, 7) is 0. The predicted octanol–water partition coefficient (Wildman–Crippen LogP) is 2.66. The number of nitrogens with one attached hydrogen (secondary N) is 1. The molecule has 1 heterocycles. The summed E-state index contributed by atoms with van der Waals surface area (Å²) in [6, 6.07) is 8.36. The van der Waals surface area contributed by atoms with Crippen LogP contribution < -0.4 is 15.7 Å². The highest BCUT2D eigenvalue weighted by Gasteiger charge is 2.17. The highest BCUT2D eigenvalue weighted by Crippen LogP contribution is 2.32. The zero-order valence-electron chi connectivity index (χ0n) is 15.3. The number of hydrazone groups is 1. The van der Waals surface area contributed by atoms with Gasteiger partial charge in [-0.2, -0.15) is 14.9 Å². The number of phenolic OH excluding ortho intramolecular Hbond substituents is 2. The molecule has 154 valence electrons. The number of phenols is 2. The number of hydrogen-bond donors (Lipinski definition) is 3. The van der Waals surface area contributed by atoms with Crippen LogP contribution in [0.25, 0.3) is 5.69 Å². The fraction of sp³-hybridized carbons (Fsp3) is 0.0556. The molecule has 0 atom stereocenters. The second-order valence-corrected chi connectivity index (χ2v) is 6.19. The van der Waals surface area contributed by atoms with Crippen molar-refractivity contribution in [3.8, 4) is 22.9 Å². The standard InChI is InChI=1S/C18H14ClN5O6/c1-30-12-4-2-11(3-5-12)23-18(27)17(19)13(9-21-23)22-20-8-10-6-14(24(28)29)16(26)7-15(10)25/h2-9,22,25-26H,1H3/b20-8-. The van der Waals surface area contributed by atoms with E-state index in [9.17, 15) is 25.1 Å². The van der Waals surface area contributed by atoms with Crippen molar-refractivity contribution in [3.05, 3.63) is 73.6 Å². The summed E-state index contributed by atoms with van der Waals surface area (Å²) in [4.78, 5) is 22.6. The van der Waals surface area contributed by atoms with Crippen LogP contribution in [0.1, 0.15) is 5.56 Å². The summed E-state index contributed by atoms with van der Waals surface area (Å²) >= 11 is 6.10. The third kappa shape index (κ3) is 4.15. The number of ether oxygens (including phenoxy) is 1. The normalized spacial score (nSPS) is 10.9. The van der Waals surface area contributed by atoms with Gasteiger partial charge in [0.15, 0.2) is 5.75 Å². The second kappa shape index (κ2) is 8.49. The maximum absolute atomic E-state index is 12.5. The Bertz CT molecular complexity index is 1190. The van der Waals surface area contributed by atoms with Gasteiger partial charge in [-0.05, 0) is 24.3 Å². The lowest BCUT2D eigenvalue weighted by atomic mass is 10.2. The van der Waals surface area contributed by atoms with E-state index in [0.29, 0.717) is 11.4 Å². The predicted molar refractivity (Wildman–Crippen MR) is 109 cm³/mol. The number of benzene rings is 2. The zero-order chi connectivity index (χ0) is 21.8. The van der Waals surface area contributed by atoms with Crippen LogP contribution in [0.15, 0.2) is 52.5 Å². The van der Waals surface area contributed by atoms with Crippen LogP contribution in [-0.2, 0) is 0 Å². The number of nitrogens with zero attached hydrogens (tertiary/aromatic N) is 4. The Morgan fingerprint density at radius 2 is 1.97 bits per heavy atom. The zero-order valence-corrected chi connectivity index (χ0v) is 16.1. The quantitative estimate of drug-likeness (QED) is 0.306. The van der Waals surface area contributed by atoms with E-state index in [0.717, 1.165) is 23.0 Å².